The first kappa shape index (κ1) is 7.89. The average molecular weight is 155 g/mol. The Balaban J connectivity index is 2.62. The Kier molecular flexibility index (Phi) is 1.75. The molecule has 1 heterocycles. The normalized spacial score (nSPS) is 30.0. The number of amides is 1. The highest BCUT2D eigenvalue weighted by Crippen LogP contribution is 2.19. The Bertz CT molecular complexity index is 220. The van der Waals surface area contributed by atoms with Crippen LogP contribution in [0, 0.1) is 12.3 Å². The molecule has 1 aliphatic rings. The molecular weight excluding hydrogens is 146 g/mol. The molecule has 0 saturated carbocycles. The Morgan fingerprint density at radius 3 is 2.64 bits per heavy atom. The van der Waals surface area contributed by atoms with Gasteiger partial charge in [0.15, 0.2) is 0 Å². The molecule has 2 N–H and O–H groups in total. The van der Waals surface area contributed by atoms with Crippen LogP contribution in [0.2, 0.25) is 0 Å². The van der Waals surface area contributed by atoms with E-state index in [1.807, 2.05) is 0 Å². The van der Waals surface area contributed by atoms with Crippen molar-refractivity contribution in [3.8, 4) is 12.3 Å². The molecule has 1 saturated heterocycles. The van der Waals surface area contributed by atoms with E-state index in [0.29, 0.717) is 13.0 Å². The summed E-state index contributed by atoms with van der Waals surface area (Å²) in [5.74, 6) is 2.18. The number of hydrogen-bond donors (Lipinski definition) is 2. The molecule has 1 fully saturated rings. The summed E-state index contributed by atoms with van der Waals surface area (Å²) in [4.78, 5) is 11.5. The van der Waals surface area contributed by atoms with Crippen LogP contribution < -0.4 is 0 Å². The maximum atomic E-state index is 10.4. The fraction of sp³-hybridized carbons (Fsp3) is 0.571. The van der Waals surface area contributed by atoms with E-state index >= 15 is 0 Å². The lowest BCUT2D eigenvalue weighted by Gasteiger charge is -2.14. The van der Waals surface area contributed by atoms with Gasteiger partial charge < -0.3 is 15.1 Å². The number of hydrogen-bond acceptors (Lipinski definition) is 2. The van der Waals surface area contributed by atoms with Gasteiger partial charge in [-0.1, -0.05) is 5.92 Å². The molecule has 1 unspecified atom stereocenters. The van der Waals surface area contributed by atoms with Gasteiger partial charge in [0.1, 0.15) is 5.60 Å². The second-order valence-electron chi connectivity index (χ2n) is 2.63. The van der Waals surface area contributed by atoms with Gasteiger partial charge in [-0.15, -0.1) is 6.42 Å². The van der Waals surface area contributed by atoms with E-state index in [0.717, 1.165) is 4.90 Å². The SMILES string of the molecule is C#CC1(O)CCN(C(=O)O)C1. The van der Waals surface area contributed by atoms with Gasteiger partial charge in [-0.05, 0) is 0 Å². The molecule has 1 amide bonds. The van der Waals surface area contributed by atoms with Crippen LogP contribution in [0.1, 0.15) is 6.42 Å². The van der Waals surface area contributed by atoms with E-state index in [-0.39, 0.29) is 6.54 Å². The minimum absolute atomic E-state index is 0.0266. The van der Waals surface area contributed by atoms with Gasteiger partial charge in [0.05, 0.1) is 6.54 Å². The van der Waals surface area contributed by atoms with E-state index in [4.69, 9.17) is 11.5 Å². The van der Waals surface area contributed by atoms with Gasteiger partial charge in [0, 0.05) is 13.0 Å². The Morgan fingerprint density at radius 2 is 2.36 bits per heavy atom. The molecule has 4 nitrogen and oxygen atoms in total. The molecule has 0 aromatic rings. The first-order chi connectivity index (χ1) is 5.07. The monoisotopic (exact) mass is 155 g/mol. The number of carbonyl (C=O) groups is 1. The van der Waals surface area contributed by atoms with Crippen molar-refractivity contribution in [2.75, 3.05) is 13.1 Å². The maximum Gasteiger partial charge on any atom is 0.407 e. The summed E-state index contributed by atoms with van der Waals surface area (Å²) < 4.78 is 0. The molecule has 0 spiro atoms. The number of terminal acetylenes is 1. The van der Waals surface area contributed by atoms with E-state index in [9.17, 15) is 9.90 Å². The Morgan fingerprint density at radius 1 is 1.73 bits per heavy atom. The number of nitrogens with zero attached hydrogens (tertiary/aromatic N) is 1. The number of rotatable bonds is 0. The van der Waals surface area contributed by atoms with E-state index < -0.39 is 11.7 Å². The zero-order valence-corrected chi connectivity index (χ0v) is 5.95. The lowest BCUT2D eigenvalue weighted by molar-refractivity contribution is 0.102. The van der Waals surface area contributed by atoms with Crippen LogP contribution in [0.5, 0.6) is 0 Å². The van der Waals surface area contributed by atoms with Gasteiger partial charge in [0.2, 0.25) is 0 Å². The van der Waals surface area contributed by atoms with Gasteiger partial charge in [-0.25, -0.2) is 4.79 Å². The first-order valence-electron chi connectivity index (χ1n) is 3.25. The zero-order chi connectivity index (χ0) is 8.48. The van der Waals surface area contributed by atoms with Crippen LogP contribution >= 0.6 is 0 Å². The second-order valence-corrected chi connectivity index (χ2v) is 2.63. The molecular formula is C7H9NO3. The quantitative estimate of drug-likeness (QED) is 0.473. The molecule has 1 aliphatic heterocycles. The van der Waals surface area contributed by atoms with Crippen LogP contribution in [-0.4, -0.2) is 39.9 Å². The fourth-order valence-corrected chi connectivity index (χ4v) is 1.07. The van der Waals surface area contributed by atoms with Crippen molar-refractivity contribution in [1.29, 1.82) is 0 Å². The largest absolute Gasteiger partial charge is 0.465 e. The number of aliphatic hydroxyl groups is 1. The molecule has 1 atom stereocenters. The fourth-order valence-electron chi connectivity index (χ4n) is 1.07. The minimum Gasteiger partial charge on any atom is -0.465 e. The molecule has 0 aromatic carbocycles. The first-order valence-corrected chi connectivity index (χ1v) is 3.25. The highest BCUT2D eigenvalue weighted by atomic mass is 16.4. The summed E-state index contributed by atoms with van der Waals surface area (Å²) in [7, 11) is 0. The smallest absolute Gasteiger partial charge is 0.407 e. The summed E-state index contributed by atoms with van der Waals surface area (Å²) in [5, 5.41) is 17.9. The van der Waals surface area contributed by atoms with Gasteiger partial charge in [0.25, 0.3) is 0 Å². The van der Waals surface area contributed by atoms with Crippen molar-refractivity contribution in [3.63, 3.8) is 0 Å². The zero-order valence-electron chi connectivity index (χ0n) is 5.95. The van der Waals surface area contributed by atoms with Crippen molar-refractivity contribution >= 4 is 6.09 Å². The minimum atomic E-state index is -1.24. The summed E-state index contributed by atoms with van der Waals surface area (Å²) >= 11 is 0. The molecule has 0 aromatic heterocycles. The van der Waals surface area contributed by atoms with Crippen molar-refractivity contribution in [2.24, 2.45) is 0 Å². The molecule has 0 aliphatic carbocycles. The Labute approximate surface area is 64.4 Å². The Hall–Kier alpha value is -1.21. The average Bonchev–Trinajstić information content (AvgIpc) is 2.33. The summed E-state index contributed by atoms with van der Waals surface area (Å²) in [5.41, 5.74) is -1.24. The summed E-state index contributed by atoms with van der Waals surface area (Å²) in [6, 6.07) is 0. The van der Waals surface area contributed by atoms with E-state index in [2.05, 4.69) is 5.92 Å². The summed E-state index contributed by atoms with van der Waals surface area (Å²) in [6.45, 7) is 0.342. The van der Waals surface area contributed by atoms with Crippen molar-refractivity contribution < 1.29 is 15.0 Å². The number of carboxylic acid groups (broad SMARTS) is 1. The second kappa shape index (κ2) is 2.44. The topological polar surface area (TPSA) is 60.8 Å². The predicted molar refractivity (Wildman–Crippen MR) is 38.0 cm³/mol. The third kappa shape index (κ3) is 1.44. The van der Waals surface area contributed by atoms with E-state index in [1.54, 1.807) is 0 Å². The van der Waals surface area contributed by atoms with Crippen LogP contribution in [0.25, 0.3) is 0 Å². The van der Waals surface area contributed by atoms with E-state index in [1.165, 1.54) is 0 Å². The molecule has 60 valence electrons. The predicted octanol–water partition coefficient (Wildman–Crippen LogP) is -0.266. The molecule has 4 heteroatoms. The highest BCUT2D eigenvalue weighted by molar-refractivity contribution is 5.65. The van der Waals surface area contributed by atoms with Crippen LogP contribution in [-0.2, 0) is 0 Å². The molecule has 0 radical (unpaired) electrons. The van der Waals surface area contributed by atoms with Crippen molar-refractivity contribution in [3.05, 3.63) is 0 Å². The third-order valence-electron chi connectivity index (χ3n) is 1.79. The standard InChI is InChI=1S/C7H9NO3/c1-2-7(11)3-4-8(5-7)6(9)10/h1,11H,3-5H2,(H,9,10). The van der Waals surface area contributed by atoms with Crippen molar-refractivity contribution in [1.82, 2.24) is 4.90 Å². The number of β-amino-alcohol motifs (C(OH)–C–C–N with tert-alkyl or cyclic N) is 1. The lowest BCUT2D eigenvalue weighted by Crippen LogP contribution is -2.33. The summed E-state index contributed by atoms with van der Waals surface area (Å²) in [6.07, 6.45) is 4.31. The van der Waals surface area contributed by atoms with Gasteiger partial charge in [-0.2, -0.15) is 0 Å². The lowest BCUT2D eigenvalue weighted by atomic mass is 10.1. The van der Waals surface area contributed by atoms with Crippen LogP contribution in [0.3, 0.4) is 0 Å². The van der Waals surface area contributed by atoms with Crippen LogP contribution in [0.4, 0.5) is 4.79 Å². The van der Waals surface area contributed by atoms with Crippen molar-refractivity contribution in [2.45, 2.75) is 12.0 Å². The van der Waals surface area contributed by atoms with Gasteiger partial charge >= 0.3 is 6.09 Å². The molecule has 0 bridgehead atoms. The maximum absolute atomic E-state index is 10.4. The molecule has 11 heavy (non-hydrogen) atoms. The number of likely N-dealkylation sites (tertiary alicyclic amines) is 1. The van der Waals surface area contributed by atoms with Gasteiger partial charge in [-0.3, -0.25) is 0 Å². The third-order valence-corrected chi connectivity index (χ3v) is 1.79. The molecule has 1 rings (SSSR count). The van der Waals surface area contributed by atoms with Crippen LogP contribution in [0.15, 0.2) is 0 Å². The highest BCUT2D eigenvalue weighted by Gasteiger charge is 2.36.